The first-order valence-corrected chi connectivity index (χ1v) is 7.39. The number of ether oxygens (including phenoxy) is 1. The van der Waals surface area contributed by atoms with E-state index in [1.54, 1.807) is 18.2 Å². The Labute approximate surface area is 133 Å². The second kappa shape index (κ2) is 5.42. The van der Waals surface area contributed by atoms with Gasteiger partial charge in [-0.2, -0.15) is 8.78 Å². The summed E-state index contributed by atoms with van der Waals surface area (Å²) in [6, 6.07) is 6.69. The Hall–Kier alpha value is -1.73. The highest BCUT2D eigenvalue weighted by molar-refractivity contribution is 6.65. The van der Waals surface area contributed by atoms with Gasteiger partial charge in [-0.05, 0) is 45.3 Å². The molecule has 0 amide bonds. The molecule has 4 nitrogen and oxygen atoms in total. The Morgan fingerprint density at radius 3 is 2.35 bits per heavy atom. The fourth-order valence-electron chi connectivity index (χ4n) is 2.54. The Balaban J connectivity index is 2.07. The number of halogens is 2. The number of fused-ring (bicyclic) bond motifs is 1. The van der Waals surface area contributed by atoms with Crippen molar-refractivity contribution in [1.82, 2.24) is 4.98 Å². The Kier molecular flexibility index (Phi) is 3.81. The molecule has 1 aliphatic rings. The monoisotopic (exact) mass is 321 g/mol. The zero-order valence-electron chi connectivity index (χ0n) is 13.5. The maximum absolute atomic E-state index is 12.6. The summed E-state index contributed by atoms with van der Waals surface area (Å²) >= 11 is 0. The lowest BCUT2D eigenvalue weighted by atomic mass is 9.76. The summed E-state index contributed by atoms with van der Waals surface area (Å²) in [6.45, 7) is 4.94. The molecule has 1 aromatic carbocycles. The van der Waals surface area contributed by atoms with E-state index in [2.05, 4.69) is 9.72 Å². The van der Waals surface area contributed by atoms with Crippen molar-refractivity contribution in [2.75, 3.05) is 0 Å². The molecule has 7 heteroatoms. The van der Waals surface area contributed by atoms with Crippen LogP contribution in [0.15, 0.2) is 30.5 Å². The fraction of sp³-hybridized carbons (Fsp3) is 0.438. The maximum Gasteiger partial charge on any atom is 0.495 e. The Morgan fingerprint density at radius 2 is 1.74 bits per heavy atom. The van der Waals surface area contributed by atoms with Gasteiger partial charge in [0.25, 0.3) is 0 Å². The number of nitrogens with zero attached hydrogens (tertiary/aromatic N) is 1. The lowest BCUT2D eigenvalue weighted by Gasteiger charge is -2.32. The van der Waals surface area contributed by atoms with Gasteiger partial charge >= 0.3 is 13.7 Å². The molecule has 0 aliphatic carbocycles. The predicted octanol–water partition coefficient (Wildman–Crippen LogP) is 3.14. The van der Waals surface area contributed by atoms with Crippen molar-refractivity contribution in [2.24, 2.45) is 0 Å². The van der Waals surface area contributed by atoms with Gasteiger partial charge in [-0.1, -0.05) is 12.1 Å². The SMILES string of the molecule is CC1(C)OB(c2ccc(OC(F)F)c3ncccc23)OC1(C)C. The van der Waals surface area contributed by atoms with Crippen LogP contribution in [0, 0.1) is 0 Å². The van der Waals surface area contributed by atoms with E-state index in [0.29, 0.717) is 10.9 Å². The first-order chi connectivity index (χ1) is 10.7. The Morgan fingerprint density at radius 1 is 1.09 bits per heavy atom. The number of hydrogen-bond donors (Lipinski definition) is 0. The van der Waals surface area contributed by atoms with Gasteiger partial charge < -0.3 is 14.0 Å². The van der Waals surface area contributed by atoms with E-state index in [1.807, 2.05) is 27.7 Å². The van der Waals surface area contributed by atoms with Crippen LogP contribution in [-0.4, -0.2) is 29.9 Å². The predicted molar refractivity (Wildman–Crippen MR) is 84.1 cm³/mol. The van der Waals surface area contributed by atoms with Gasteiger partial charge in [0, 0.05) is 11.6 Å². The van der Waals surface area contributed by atoms with Crippen molar-refractivity contribution in [3.63, 3.8) is 0 Å². The first-order valence-electron chi connectivity index (χ1n) is 7.39. The third-order valence-corrected chi connectivity index (χ3v) is 4.49. The molecule has 122 valence electrons. The first kappa shape index (κ1) is 16.1. The van der Waals surface area contributed by atoms with Gasteiger partial charge in [0.05, 0.1) is 11.2 Å². The number of benzene rings is 1. The highest BCUT2D eigenvalue weighted by Gasteiger charge is 2.52. The van der Waals surface area contributed by atoms with Crippen LogP contribution in [0.2, 0.25) is 0 Å². The van der Waals surface area contributed by atoms with Crippen LogP contribution in [0.4, 0.5) is 8.78 Å². The van der Waals surface area contributed by atoms with Crippen LogP contribution >= 0.6 is 0 Å². The third-order valence-electron chi connectivity index (χ3n) is 4.49. The maximum atomic E-state index is 12.6. The molecular weight excluding hydrogens is 303 g/mol. The minimum atomic E-state index is -2.90. The van der Waals surface area contributed by atoms with Gasteiger partial charge in [-0.25, -0.2) is 0 Å². The molecule has 2 heterocycles. The van der Waals surface area contributed by atoms with E-state index in [9.17, 15) is 8.78 Å². The van der Waals surface area contributed by atoms with Crippen molar-refractivity contribution in [3.8, 4) is 5.75 Å². The van der Waals surface area contributed by atoms with Gasteiger partial charge in [-0.3, -0.25) is 4.98 Å². The molecular formula is C16H18BF2NO3. The molecule has 0 unspecified atom stereocenters. The highest BCUT2D eigenvalue weighted by Crippen LogP contribution is 2.37. The van der Waals surface area contributed by atoms with Crippen LogP contribution in [0.1, 0.15) is 27.7 Å². The number of pyridine rings is 1. The fourth-order valence-corrected chi connectivity index (χ4v) is 2.54. The number of hydrogen-bond acceptors (Lipinski definition) is 4. The molecule has 2 aromatic rings. The van der Waals surface area contributed by atoms with Crippen molar-refractivity contribution in [2.45, 2.75) is 45.5 Å². The van der Waals surface area contributed by atoms with E-state index < -0.39 is 24.9 Å². The topological polar surface area (TPSA) is 40.6 Å². The summed E-state index contributed by atoms with van der Waals surface area (Å²) in [4.78, 5) is 4.17. The number of rotatable bonds is 3. The van der Waals surface area contributed by atoms with Gasteiger partial charge in [0.1, 0.15) is 5.52 Å². The molecule has 1 aliphatic heterocycles. The second-order valence-corrected chi connectivity index (χ2v) is 6.52. The summed E-state index contributed by atoms with van der Waals surface area (Å²) < 4.78 is 41.7. The van der Waals surface area contributed by atoms with E-state index >= 15 is 0 Å². The van der Waals surface area contributed by atoms with Gasteiger partial charge in [-0.15, -0.1) is 0 Å². The Bertz CT molecular complexity index is 720. The van der Waals surface area contributed by atoms with Crippen LogP contribution in [0.5, 0.6) is 5.75 Å². The van der Waals surface area contributed by atoms with Crippen molar-refractivity contribution in [3.05, 3.63) is 30.5 Å². The van der Waals surface area contributed by atoms with Crippen molar-refractivity contribution < 1.29 is 22.8 Å². The summed E-state index contributed by atoms with van der Waals surface area (Å²) in [5, 5.41) is 0.671. The van der Waals surface area contributed by atoms with Gasteiger partial charge in [0.15, 0.2) is 5.75 Å². The molecule has 0 N–H and O–H groups in total. The van der Waals surface area contributed by atoms with Crippen molar-refractivity contribution >= 4 is 23.5 Å². The van der Waals surface area contributed by atoms with Crippen molar-refractivity contribution in [1.29, 1.82) is 0 Å². The molecule has 0 atom stereocenters. The second-order valence-electron chi connectivity index (χ2n) is 6.52. The third kappa shape index (κ3) is 2.79. The molecule has 0 bridgehead atoms. The molecule has 0 saturated carbocycles. The van der Waals surface area contributed by atoms with E-state index in [1.165, 1.54) is 12.3 Å². The van der Waals surface area contributed by atoms with Crippen LogP contribution < -0.4 is 10.2 Å². The minimum absolute atomic E-state index is 0.0378. The minimum Gasteiger partial charge on any atom is -0.433 e. The summed E-state index contributed by atoms with van der Waals surface area (Å²) in [6.07, 6.45) is 1.54. The molecule has 0 radical (unpaired) electrons. The van der Waals surface area contributed by atoms with E-state index in [-0.39, 0.29) is 5.75 Å². The highest BCUT2D eigenvalue weighted by atomic mass is 19.3. The largest absolute Gasteiger partial charge is 0.495 e. The molecule has 1 fully saturated rings. The zero-order valence-corrected chi connectivity index (χ0v) is 13.5. The van der Waals surface area contributed by atoms with Crippen LogP contribution in [0.25, 0.3) is 10.9 Å². The van der Waals surface area contributed by atoms with E-state index in [4.69, 9.17) is 9.31 Å². The van der Waals surface area contributed by atoms with Crippen LogP contribution in [0.3, 0.4) is 0 Å². The average Bonchev–Trinajstić information content (AvgIpc) is 2.67. The average molecular weight is 321 g/mol. The van der Waals surface area contributed by atoms with E-state index in [0.717, 1.165) is 5.46 Å². The lowest BCUT2D eigenvalue weighted by molar-refractivity contribution is -0.0489. The molecule has 1 saturated heterocycles. The molecule has 3 rings (SSSR count). The summed E-state index contributed by atoms with van der Waals surface area (Å²) in [7, 11) is -0.590. The smallest absolute Gasteiger partial charge is 0.433 e. The molecule has 1 aromatic heterocycles. The summed E-state index contributed by atoms with van der Waals surface area (Å²) in [5.41, 5.74) is 0.141. The zero-order chi connectivity index (χ0) is 16.8. The van der Waals surface area contributed by atoms with Gasteiger partial charge in [0.2, 0.25) is 0 Å². The number of aromatic nitrogens is 1. The number of alkyl halides is 2. The van der Waals surface area contributed by atoms with Crippen LogP contribution in [-0.2, 0) is 9.31 Å². The normalized spacial score (nSPS) is 19.5. The lowest BCUT2D eigenvalue weighted by Crippen LogP contribution is -2.41. The molecule has 0 spiro atoms. The quantitative estimate of drug-likeness (QED) is 0.815. The molecule has 23 heavy (non-hydrogen) atoms. The summed E-state index contributed by atoms with van der Waals surface area (Å²) in [5.74, 6) is 0.0378. The standard InChI is InChI=1S/C16H18BF2NO3/c1-15(2)16(3,4)23-17(22-15)11-7-8-12(21-14(18)19)13-10(11)6-5-9-20-13/h5-9,14H,1-4H3.